The molecule has 0 unspecified atom stereocenters. The molecule has 0 spiro atoms. The van der Waals surface area contributed by atoms with Crippen LogP contribution >= 0.6 is 11.6 Å². The van der Waals surface area contributed by atoms with Gasteiger partial charge < -0.3 is 15.5 Å². The van der Waals surface area contributed by atoms with Crippen molar-refractivity contribution >= 4 is 29.0 Å². The number of halogens is 1. The van der Waals surface area contributed by atoms with E-state index in [0.29, 0.717) is 18.9 Å². The van der Waals surface area contributed by atoms with Crippen LogP contribution in [0.5, 0.6) is 0 Å². The summed E-state index contributed by atoms with van der Waals surface area (Å²) in [5, 5.41) is 2.74. The normalized spacial score (nSPS) is 16.1. The number of carbonyl (C=O) groups excluding carboxylic acids is 1. The zero-order chi connectivity index (χ0) is 13.7. The fraction of sp³-hybridized carbons (Fsp3) is 0.500. The molecule has 0 aromatic carbocycles. The molecule has 1 aromatic rings. The van der Waals surface area contributed by atoms with Gasteiger partial charge in [0.15, 0.2) is 5.82 Å². The van der Waals surface area contributed by atoms with E-state index in [4.69, 9.17) is 22.2 Å². The van der Waals surface area contributed by atoms with Crippen LogP contribution in [0.15, 0.2) is 6.20 Å². The van der Waals surface area contributed by atoms with Gasteiger partial charge in [-0.1, -0.05) is 0 Å². The smallest absolute Gasteiger partial charge is 0.238 e. The summed E-state index contributed by atoms with van der Waals surface area (Å²) in [5.41, 5.74) is 2.76. The van der Waals surface area contributed by atoms with E-state index in [1.165, 1.54) is 6.20 Å². The number of aromatic nitrogens is 2. The maximum atomic E-state index is 11.9. The van der Waals surface area contributed by atoms with Crippen molar-refractivity contribution in [1.82, 2.24) is 14.9 Å². The number of amides is 1. The van der Waals surface area contributed by atoms with Crippen LogP contribution in [0.2, 0.25) is 5.28 Å². The van der Waals surface area contributed by atoms with Gasteiger partial charge in [0, 0.05) is 13.1 Å². The Labute approximate surface area is 115 Å². The summed E-state index contributed by atoms with van der Waals surface area (Å²) in [6.45, 7) is 3.06. The molecule has 1 saturated heterocycles. The molecule has 8 nitrogen and oxygen atoms in total. The van der Waals surface area contributed by atoms with Crippen LogP contribution in [0.3, 0.4) is 0 Å². The average Bonchev–Trinajstić information content (AvgIpc) is 2.42. The lowest BCUT2D eigenvalue weighted by atomic mass is 10.4. The Morgan fingerprint density at radius 3 is 2.95 bits per heavy atom. The number of nitrogens with two attached hydrogens (primary N) is 1. The number of hydrazine groups is 1. The molecule has 19 heavy (non-hydrogen) atoms. The third-order valence-electron chi connectivity index (χ3n) is 2.64. The van der Waals surface area contributed by atoms with Crippen LogP contribution in [0, 0.1) is 0 Å². The highest BCUT2D eigenvalue weighted by atomic mass is 35.5. The second-order valence-electron chi connectivity index (χ2n) is 3.98. The van der Waals surface area contributed by atoms with Crippen LogP contribution in [0.1, 0.15) is 0 Å². The molecule has 0 bridgehead atoms. The summed E-state index contributed by atoms with van der Waals surface area (Å²) < 4.78 is 5.21. The quantitative estimate of drug-likeness (QED) is 0.396. The van der Waals surface area contributed by atoms with Crippen molar-refractivity contribution in [2.45, 2.75) is 0 Å². The maximum Gasteiger partial charge on any atom is 0.238 e. The van der Waals surface area contributed by atoms with E-state index < -0.39 is 0 Å². The molecule has 0 radical (unpaired) electrons. The Bertz CT molecular complexity index is 452. The Morgan fingerprint density at radius 2 is 2.26 bits per heavy atom. The zero-order valence-electron chi connectivity index (χ0n) is 10.2. The number of nitrogens with zero attached hydrogens (tertiary/aromatic N) is 3. The third kappa shape index (κ3) is 4.00. The van der Waals surface area contributed by atoms with E-state index in [-0.39, 0.29) is 23.6 Å². The fourth-order valence-corrected chi connectivity index (χ4v) is 1.85. The lowest BCUT2D eigenvalue weighted by molar-refractivity contribution is -0.118. The largest absolute Gasteiger partial charge is 0.379 e. The number of hydrogen-bond acceptors (Lipinski definition) is 7. The minimum atomic E-state index is -0.163. The first kappa shape index (κ1) is 13.9. The number of anilines is 2. The Morgan fingerprint density at radius 1 is 1.53 bits per heavy atom. The predicted molar refractivity (Wildman–Crippen MR) is 70.7 cm³/mol. The minimum Gasteiger partial charge on any atom is -0.379 e. The van der Waals surface area contributed by atoms with Gasteiger partial charge in [-0.15, -0.1) is 0 Å². The highest BCUT2D eigenvalue weighted by molar-refractivity contribution is 6.28. The third-order valence-corrected chi connectivity index (χ3v) is 2.82. The number of carbonyl (C=O) groups is 1. The second kappa shape index (κ2) is 6.62. The van der Waals surface area contributed by atoms with E-state index in [1.54, 1.807) is 0 Å². The molecular formula is C10H15ClN6O2. The van der Waals surface area contributed by atoms with Crippen molar-refractivity contribution in [1.29, 1.82) is 0 Å². The molecule has 1 aliphatic heterocycles. The maximum absolute atomic E-state index is 11.9. The van der Waals surface area contributed by atoms with Crippen LogP contribution in [0.25, 0.3) is 0 Å². The lowest BCUT2D eigenvalue weighted by Gasteiger charge is -2.25. The number of ether oxygens (including phenoxy) is 1. The van der Waals surface area contributed by atoms with E-state index in [9.17, 15) is 4.79 Å². The number of rotatable bonds is 4. The summed E-state index contributed by atoms with van der Waals surface area (Å²) in [7, 11) is 0. The molecule has 2 heterocycles. The molecular weight excluding hydrogens is 272 g/mol. The SMILES string of the molecule is NNc1nc(Cl)ncc1NC(=O)CN1CCOCC1. The first-order valence-corrected chi connectivity index (χ1v) is 6.16. The highest BCUT2D eigenvalue weighted by Gasteiger charge is 2.15. The van der Waals surface area contributed by atoms with Gasteiger partial charge in [0.05, 0.1) is 26.0 Å². The van der Waals surface area contributed by atoms with Crippen LogP contribution in [0.4, 0.5) is 11.5 Å². The van der Waals surface area contributed by atoms with Crippen molar-refractivity contribution in [2.75, 3.05) is 43.6 Å². The molecule has 0 atom stereocenters. The Kier molecular flexibility index (Phi) is 4.86. The Hall–Kier alpha value is -1.48. The molecule has 9 heteroatoms. The van der Waals surface area contributed by atoms with Gasteiger partial charge in [0.1, 0.15) is 5.69 Å². The Balaban J connectivity index is 1.94. The average molecular weight is 287 g/mol. The summed E-state index contributed by atoms with van der Waals surface area (Å²) >= 11 is 5.64. The first-order valence-electron chi connectivity index (χ1n) is 5.78. The number of nitrogens with one attached hydrogen (secondary N) is 2. The standard InChI is InChI=1S/C10H15ClN6O2/c11-10-13-5-7(9(15-10)16-12)14-8(18)6-17-1-3-19-4-2-17/h5H,1-4,6,12H2,(H,14,18)(H,13,15,16). The molecule has 1 aliphatic rings. The zero-order valence-corrected chi connectivity index (χ0v) is 11.0. The van der Waals surface area contributed by atoms with Gasteiger partial charge in [0.25, 0.3) is 0 Å². The highest BCUT2D eigenvalue weighted by Crippen LogP contribution is 2.18. The summed E-state index contributed by atoms with van der Waals surface area (Å²) in [4.78, 5) is 21.5. The topological polar surface area (TPSA) is 105 Å². The van der Waals surface area contributed by atoms with E-state index in [1.807, 2.05) is 4.90 Å². The summed E-state index contributed by atoms with van der Waals surface area (Å²) in [6.07, 6.45) is 1.40. The van der Waals surface area contributed by atoms with Gasteiger partial charge in [0.2, 0.25) is 11.2 Å². The van der Waals surface area contributed by atoms with Crippen molar-refractivity contribution in [2.24, 2.45) is 5.84 Å². The van der Waals surface area contributed by atoms with Crippen molar-refractivity contribution in [3.05, 3.63) is 11.5 Å². The van der Waals surface area contributed by atoms with Gasteiger partial charge in [-0.25, -0.2) is 10.8 Å². The van der Waals surface area contributed by atoms with E-state index >= 15 is 0 Å². The predicted octanol–water partition coefficient (Wildman–Crippen LogP) is -0.314. The number of morpholine rings is 1. The van der Waals surface area contributed by atoms with Gasteiger partial charge in [-0.3, -0.25) is 9.69 Å². The molecule has 0 saturated carbocycles. The first-order chi connectivity index (χ1) is 9.19. The molecule has 104 valence electrons. The number of hydrogen-bond donors (Lipinski definition) is 3. The van der Waals surface area contributed by atoms with Gasteiger partial charge >= 0.3 is 0 Å². The second-order valence-corrected chi connectivity index (χ2v) is 4.32. The molecule has 2 rings (SSSR count). The molecule has 4 N–H and O–H groups in total. The molecule has 1 fully saturated rings. The molecule has 0 aliphatic carbocycles. The monoisotopic (exact) mass is 286 g/mol. The van der Waals surface area contributed by atoms with E-state index in [2.05, 4.69) is 20.7 Å². The lowest BCUT2D eigenvalue weighted by Crippen LogP contribution is -2.41. The van der Waals surface area contributed by atoms with Crippen molar-refractivity contribution < 1.29 is 9.53 Å². The van der Waals surface area contributed by atoms with Gasteiger partial charge in [-0.05, 0) is 11.6 Å². The summed E-state index contributed by atoms with van der Waals surface area (Å²) in [6, 6.07) is 0. The molecule has 1 amide bonds. The van der Waals surface area contributed by atoms with Crippen LogP contribution < -0.4 is 16.6 Å². The molecule has 1 aromatic heterocycles. The number of nitrogen functional groups attached to an aromatic ring is 1. The van der Waals surface area contributed by atoms with Crippen molar-refractivity contribution in [3.8, 4) is 0 Å². The van der Waals surface area contributed by atoms with Crippen LogP contribution in [-0.4, -0.2) is 53.6 Å². The van der Waals surface area contributed by atoms with Crippen molar-refractivity contribution in [3.63, 3.8) is 0 Å². The van der Waals surface area contributed by atoms with Crippen LogP contribution in [-0.2, 0) is 9.53 Å². The van der Waals surface area contributed by atoms with Gasteiger partial charge in [-0.2, -0.15) is 4.98 Å². The fourth-order valence-electron chi connectivity index (χ4n) is 1.71. The van der Waals surface area contributed by atoms with E-state index in [0.717, 1.165) is 13.1 Å². The summed E-state index contributed by atoms with van der Waals surface area (Å²) in [5.74, 6) is 5.41. The minimum absolute atomic E-state index is 0.0547.